The molecule has 1 amide bonds. The lowest BCUT2D eigenvalue weighted by atomic mass is 9.85. The van der Waals surface area contributed by atoms with Crippen molar-refractivity contribution >= 4 is 46.0 Å². The molecule has 0 aromatic heterocycles. The molecule has 3 aromatic carbocycles. The molecule has 0 fully saturated rings. The zero-order valence-corrected chi connectivity index (χ0v) is 22.3. The number of halogens is 3. The molecule has 5 nitrogen and oxygen atoms in total. The normalized spacial score (nSPS) is 17.5. The molecule has 1 aliphatic heterocycles. The fourth-order valence-corrected chi connectivity index (χ4v) is 4.71. The van der Waals surface area contributed by atoms with Crippen LogP contribution in [-0.4, -0.2) is 22.7 Å². The Kier molecular flexibility index (Phi) is 7.61. The van der Waals surface area contributed by atoms with E-state index >= 15 is 0 Å². The minimum atomic E-state index is -0.764. The maximum Gasteiger partial charge on any atom is 0.322 e. The van der Waals surface area contributed by atoms with Gasteiger partial charge in [0.2, 0.25) is 0 Å². The molecular weight excluding hydrogens is 517 g/mol. The first kappa shape index (κ1) is 26.0. The molecule has 8 heteroatoms. The second-order valence-corrected chi connectivity index (χ2v) is 10.1. The van der Waals surface area contributed by atoms with E-state index in [1.807, 2.05) is 57.2 Å². The van der Waals surface area contributed by atoms with Crippen molar-refractivity contribution in [1.82, 2.24) is 4.90 Å². The highest BCUT2D eigenvalue weighted by Gasteiger charge is 2.43. The molecule has 0 bridgehead atoms. The number of hydrogen-bond acceptors (Lipinski definition) is 4. The minimum absolute atomic E-state index is 0.369. The van der Waals surface area contributed by atoms with Gasteiger partial charge in [-0.1, -0.05) is 53.5 Å². The number of nitriles is 1. The topological polar surface area (TPSA) is 65.7 Å². The number of nitrogens with zero attached hydrogens (tertiary/aromatic N) is 3. The Balaban J connectivity index is 1.96. The van der Waals surface area contributed by atoms with Crippen molar-refractivity contribution in [2.45, 2.75) is 38.3 Å². The van der Waals surface area contributed by atoms with E-state index in [9.17, 15) is 10.1 Å². The van der Waals surface area contributed by atoms with Crippen LogP contribution in [0.4, 0.5) is 4.79 Å². The number of benzene rings is 3. The van der Waals surface area contributed by atoms with Gasteiger partial charge in [-0.05, 0) is 85.5 Å². The molecule has 0 N–H and O–H groups in total. The van der Waals surface area contributed by atoms with Crippen molar-refractivity contribution in [2.24, 2.45) is 4.99 Å². The first-order valence-electron chi connectivity index (χ1n) is 11.4. The minimum Gasteiger partial charge on any atom is -0.493 e. The van der Waals surface area contributed by atoms with E-state index in [1.165, 1.54) is 4.90 Å². The van der Waals surface area contributed by atoms with Gasteiger partial charge in [-0.3, -0.25) is 14.7 Å². The third-order valence-corrected chi connectivity index (χ3v) is 6.89. The number of amides is 1. The van der Waals surface area contributed by atoms with Crippen LogP contribution < -0.4 is 4.74 Å². The first-order chi connectivity index (χ1) is 17.2. The molecule has 0 aliphatic carbocycles. The molecule has 0 saturated heterocycles. The predicted molar refractivity (Wildman–Crippen MR) is 144 cm³/mol. The summed E-state index contributed by atoms with van der Waals surface area (Å²) in [5.74, 6) is 0.914. The van der Waals surface area contributed by atoms with Crippen molar-refractivity contribution in [2.75, 3.05) is 6.61 Å². The Hall–Kier alpha value is -3.04. The molecule has 0 saturated carbocycles. The van der Waals surface area contributed by atoms with Crippen LogP contribution in [-0.2, 0) is 5.41 Å². The van der Waals surface area contributed by atoms with Gasteiger partial charge in [0, 0.05) is 10.0 Å². The summed E-state index contributed by atoms with van der Waals surface area (Å²) < 4.78 is 5.91. The molecule has 0 radical (unpaired) electrons. The van der Waals surface area contributed by atoms with Crippen molar-refractivity contribution < 1.29 is 9.53 Å². The van der Waals surface area contributed by atoms with Crippen LogP contribution in [0, 0.1) is 11.3 Å². The molecule has 2 atom stereocenters. The molecular formula is C28H24Cl3N3O2. The van der Waals surface area contributed by atoms with Crippen molar-refractivity contribution in [3.63, 3.8) is 0 Å². The van der Waals surface area contributed by atoms with Crippen molar-refractivity contribution in [1.29, 1.82) is 5.26 Å². The van der Waals surface area contributed by atoms with Crippen LogP contribution in [0.1, 0.15) is 55.1 Å². The van der Waals surface area contributed by atoms with Crippen LogP contribution in [0.15, 0.2) is 71.7 Å². The highest BCUT2D eigenvalue weighted by molar-refractivity contribution is 6.64. The van der Waals surface area contributed by atoms with Gasteiger partial charge >= 0.3 is 5.37 Å². The van der Waals surface area contributed by atoms with Crippen LogP contribution in [0.2, 0.25) is 10.0 Å². The molecule has 1 heterocycles. The quantitative estimate of drug-likeness (QED) is 0.234. The van der Waals surface area contributed by atoms with Crippen LogP contribution >= 0.6 is 34.8 Å². The second-order valence-electron chi connectivity index (χ2n) is 8.95. The third kappa shape index (κ3) is 5.08. The average Bonchev–Trinajstić information content (AvgIpc) is 3.26. The van der Waals surface area contributed by atoms with E-state index in [0.29, 0.717) is 33.8 Å². The fraction of sp³-hybridized carbons (Fsp3) is 0.250. The number of amidine groups is 1. The highest BCUT2D eigenvalue weighted by atomic mass is 35.5. The molecule has 4 rings (SSSR count). The number of hydrogen-bond donors (Lipinski definition) is 0. The highest BCUT2D eigenvalue weighted by Crippen LogP contribution is 2.46. The number of ether oxygens (including phenoxy) is 1. The molecule has 36 heavy (non-hydrogen) atoms. The van der Waals surface area contributed by atoms with E-state index < -0.39 is 22.9 Å². The standard InChI is InChI=1S/C28H24Cl3N3O2/c1-4-36-23-14-9-19(28(2,3)16-32)15-22(23)26-33-24(17-5-10-20(29)11-6-17)25(34(26)27(31)35)18-7-12-21(30)13-8-18/h5-15,24-25H,4H2,1-3H3/t24-,25+/m0/s1. The van der Waals surface area contributed by atoms with Crippen LogP contribution in [0.5, 0.6) is 5.75 Å². The Morgan fingerprint density at radius 1 is 1.03 bits per heavy atom. The lowest BCUT2D eigenvalue weighted by Gasteiger charge is -2.28. The summed E-state index contributed by atoms with van der Waals surface area (Å²) in [5, 5.41) is 10.2. The third-order valence-electron chi connectivity index (χ3n) is 6.20. The number of aliphatic imine (C=N–C) groups is 1. The van der Waals surface area contributed by atoms with Gasteiger partial charge in [-0.15, -0.1) is 0 Å². The summed E-state index contributed by atoms with van der Waals surface area (Å²) >= 11 is 18.5. The smallest absolute Gasteiger partial charge is 0.322 e. The van der Waals surface area contributed by atoms with E-state index in [2.05, 4.69) is 6.07 Å². The molecule has 3 aromatic rings. The van der Waals surface area contributed by atoms with Gasteiger partial charge in [-0.2, -0.15) is 5.26 Å². The van der Waals surface area contributed by atoms with Gasteiger partial charge in [0.15, 0.2) is 0 Å². The Morgan fingerprint density at radius 2 is 1.61 bits per heavy atom. The zero-order valence-electron chi connectivity index (χ0n) is 20.0. The van der Waals surface area contributed by atoms with Gasteiger partial charge < -0.3 is 4.74 Å². The van der Waals surface area contributed by atoms with Gasteiger partial charge in [0.1, 0.15) is 17.6 Å². The molecule has 0 spiro atoms. The Bertz CT molecular complexity index is 1350. The average molecular weight is 541 g/mol. The second kappa shape index (κ2) is 10.5. The van der Waals surface area contributed by atoms with Crippen molar-refractivity contribution in [3.8, 4) is 11.8 Å². The van der Waals surface area contributed by atoms with Crippen molar-refractivity contribution in [3.05, 3.63) is 99.0 Å². The summed E-state index contributed by atoms with van der Waals surface area (Å²) in [4.78, 5) is 19.5. The molecule has 1 aliphatic rings. The molecule has 184 valence electrons. The van der Waals surface area contributed by atoms with E-state index in [1.54, 1.807) is 30.3 Å². The van der Waals surface area contributed by atoms with E-state index in [0.717, 1.165) is 16.7 Å². The van der Waals surface area contributed by atoms with Gasteiger partial charge in [-0.25, -0.2) is 0 Å². The predicted octanol–water partition coefficient (Wildman–Crippen LogP) is 8.10. The monoisotopic (exact) mass is 539 g/mol. The molecule has 0 unspecified atom stereocenters. The van der Waals surface area contributed by atoms with Crippen LogP contribution in [0.3, 0.4) is 0 Å². The SMILES string of the molecule is CCOc1ccc(C(C)(C)C#N)cc1C1=N[C@@H](c2ccc(Cl)cc2)[C@@H](c2ccc(Cl)cc2)N1C(=O)Cl. The summed E-state index contributed by atoms with van der Waals surface area (Å²) in [7, 11) is 0. The first-order valence-corrected chi connectivity index (χ1v) is 12.6. The number of carbonyl (C=O) groups is 1. The Morgan fingerprint density at radius 3 is 2.14 bits per heavy atom. The fourth-order valence-electron chi connectivity index (χ4n) is 4.28. The van der Waals surface area contributed by atoms with Gasteiger partial charge in [0.25, 0.3) is 0 Å². The van der Waals surface area contributed by atoms with E-state index in [4.69, 9.17) is 44.5 Å². The summed E-state index contributed by atoms with van der Waals surface area (Å²) in [6.07, 6.45) is 0. The number of rotatable bonds is 6. The largest absolute Gasteiger partial charge is 0.493 e. The summed E-state index contributed by atoms with van der Waals surface area (Å²) in [6, 6.07) is 21.4. The Labute approximate surface area is 225 Å². The lowest BCUT2D eigenvalue weighted by Crippen LogP contribution is -2.34. The van der Waals surface area contributed by atoms with E-state index in [-0.39, 0.29) is 0 Å². The lowest BCUT2D eigenvalue weighted by molar-refractivity contribution is 0.231. The maximum atomic E-state index is 13.0. The summed E-state index contributed by atoms with van der Waals surface area (Å²) in [6.45, 7) is 5.96. The van der Waals surface area contributed by atoms with Crippen LogP contribution in [0.25, 0.3) is 0 Å². The zero-order chi connectivity index (χ0) is 26.0. The van der Waals surface area contributed by atoms with Gasteiger partial charge in [0.05, 0.1) is 29.7 Å². The summed E-state index contributed by atoms with van der Waals surface area (Å²) in [5.41, 5.74) is 2.27. The number of carbonyl (C=O) groups excluding carboxylic acids is 1. The maximum absolute atomic E-state index is 13.0.